The minimum Gasteiger partial charge on any atom is -0.496 e. The fourth-order valence-electron chi connectivity index (χ4n) is 3.43. The van der Waals surface area contributed by atoms with Crippen molar-refractivity contribution < 1.29 is 23.6 Å². The van der Waals surface area contributed by atoms with Crippen LogP contribution in [-0.4, -0.2) is 27.8 Å². The molecule has 1 heterocycles. The van der Waals surface area contributed by atoms with Crippen molar-refractivity contribution in [2.75, 3.05) is 7.11 Å². The molecule has 29 heavy (non-hydrogen) atoms. The van der Waals surface area contributed by atoms with E-state index in [1.165, 1.54) is 36.1 Å². The van der Waals surface area contributed by atoms with Crippen LogP contribution in [0.15, 0.2) is 42.5 Å². The summed E-state index contributed by atoms with van der Waals surface area (Å²) in [5.41, 5.74) is 1.29. The highest BCUT2D eigenvalue weighted by Crippen LogP contribution is 2.33. The minimum absolute atomic E-state index is 0.0332. The number of ether oxygens (including phenoxy) is 2. The largest absolute Gasteiger partial charge is 0.496 e. The van der Waals surface area contributed by atoms with Gasteiger partial charge in [0.15, 0.2) is 5.69 Å². The molecule has 0 spiro atoms. The van der Waals surface area contributed by atoms with Gasteiger partial charge in [0.1, 0.15) is 17.3 Å². The highest BCUT2D eigenvalue weighted by atomic mass is 19.1. The van der Waals surface area contributed by atoms with Crippen LogP contribution in [0.2, 0.25) is 0 Å². The average molecular weight is 397 g/mol. The topological polar surface area (TPSA) is 96.5 Å². The molecule has 0 N–H and O–H groups in total. The zero-order valence-electron chi connectivity index (χ0n) is 15.4. The Bertz CT molecular complexity index is 1130. The van der Waals surface area contributed by atoms with Crippen molar-refractivity contribution in [1.29, 1.82) is 0 Å². The number of hydrogen-bond donors (Lipinski definition) is 0. The van der Waals surface area contributed by atoms with Gasteiger partial charge < -0.3 is 9.47 Å². The minimum atomic E-state index is -0.827. The van der Waals surface area contributed by atoms with Gasteiger partial charge >= 0.3 is 11.7 Å². The molecule has 0 aliphatic heterocycles. The van der Waals surface area contributed by atoms with Gasteiger partial charge in [0, 0.05) is 11.3 Å². The van der Waals surface area contributed by atoms with Gasteiger partial charge in [0.25, 0.3) is 0 Å². The zero-order chi connectivity index (χ0) is 20.5. The molecule has 0 fully saturated rings. The number of methoxy groups -OCH3 is 1. The van der Waals surface area contributed by atoms with E-state index >= 15 is 0 Å². The third kappa shape index (κ3) is 3.31. The summed E-state index contributed by atoms with van der Waals surface area (Å²) >= 11 is 0. The molecule has 0 bridgehead atoms. The number of carbonyl (C=O) groups excluding carboxylic acids is 1. The summed E-state index contributed by atoms with van der Waals surface area (Å²) in [5, 5.41) is 15.6. The van der Waals surface area contributed by atoms with E-state index < -0.39 is 22.4 Å². The summed E-state index contributed by atoms with van der Waals surface area (Å²) in [7, 11) is 1.38. The van der Waals surface area contributed by atoms with E-state index in [0.29, 0.717) is 18.4 Å². The summed E-state index contributed by atoms with van der Waals surface area (Å²) in [6.07, 6.45) is 2.04. The molecule has 2 aromatic carbocycles. The fraction of sp³-hybridized carbons (Fsp3) is 0.200. The van der Waals surface area contributed by atoms with Crippen LogP contribution in [0.3, 0.4) is 0 Å². The Balaban J connectivity index is 1.72. The predicted molar refractivity (Wildman–Crippen MR) is 100 cm³/mol. The molecule has 0 saturated carbocycles. The van der Waals surface area contributed by atoms with Crippen LogP contribution >= 0.6 is 0 Å². The molecule has 0 saturated heterocycles. The second-order valence-electron chi connectivity index (χ2n) is 6.47. The monoisotopic (exact) mass is 397 g/mol. The highest BCUT2D eigenvalue weighted by molar-refractivity contribution is 5.91. The first kappa shape index (κ1) is 18.6. The number of para-hydroxylation sites is 1. The Labute approximate surface area is 164 Å². The first-order valence-corrected chi connectivity index (χ1v) is 8.90. The number of nitrogens with zero attached hydrogens (tertiary/aromatic N) is 3. The maximum Gasteiger partial charge on any atom is 0.364 e. The number of carbonyl (C=O) groups is 1. The van der Waals surface area contributed by atoms with Crippen molar-refractivity contribution in [3.63, 3.8) is 0 Å². The lowest BCUT2D eigenvalue weighted by molar-refractivity contribution is -0.385. The molecule has 9 heteroatoms. The van der Waals surface area contributed by atoms with Gasteiger partial charge in [-0.3, -0.25) is 10.1 Å². The van der Waals surface area contributed by atoms with Crippen LogP contribution in [0, 0.1) is 15.9 Å². The van der Waals surface area contributed by atoms with Crippen LogP contribution in [0.1, 0.15) is 28.2 Å². The van der Waals surface area contributed by atoms with E-state index in [-0.39, 0.29) is 22.9 Å². The third-order valence-corrected chi connectivity index (χ3v) is 4.77. The number of aromatic nitrogens is 2. The van der Waals surface area contributed by atoms with E-state index in [1.807, 2.05) is 0 Å². The number of esters is 1. The Morgan fingerprint density at radius 2 is 2.03 bits per heavy atom. The van der Waals surface area contributed by atoms with Crippen LogP contribution < -0.4 is 9.47 Å². The predicted octanol–water partition coefficient (Wildman–Crippen LogP) is 3.64. The number of halogens is 1. The number of benzene rings is 2. The van der Waals surface area contributed by atoms with Crippen molar-refractivity contribution in [1.82, 2.24) is 9.78 Å². The smallest absolute Gasteiger partial charge is 0.364 e. The molecule has 8 nitrogen and oxygen atoms in total. The Kier molecular flexibility index (Phi) is 4.71. The molecular formula is C20H16FN3O5. The zero-order valence-corrected chi connectivity index (χ0v) is 15.4. The maximum atomic E-state index is 14.3. The lowest BCUT2D eigenvalue weighted by atomic mass is 10.2. The van der Waals surface area contributed by atoms with E-state index in [1.54, 1.807) is 18.2 Å². The molecule has 1 aromatic heterocycles. The van der Waals surface area contributed by atoms with Gasteiger partial charge in [0.05, 0.1) is 18.1 Å². The van der Waals surface area contributed by atoms with Crippen LogP contribution in [-0.2, 0) is 12.8 Å². The van der Waals surface area contributed by atoms with Gasteiger partial charge in [-0.15, -0.1) is 0 Å². The highest BCUT2D eigenvalue weighted by Gasteiger charge is 2.30. The number of fused-ring (bicyclic) bond motifs is 1. The Morgan fingerprint density at radius 3 is 2.76 bits per heavy atom. The van der Waals surface area contributed by atoms with Crippen molar-refractivity contribution in [3.05, 3.63) is 75.3 Å². The van der Waals surface area contributed by atoms with E-state index in [0.717, 1.165) is 12.1 Å². The molecule has 0 atom stereocenters. The molecule has 0 amide bonds. The van der Waals surface area contributed by atoms with Gasteiger partial charge in [-0.05, 0) is 43.5 Å². The van der Waals surface area contributed by atoms with Crippen molar-refractivity contribution in [2.24, 2.45) is 0 Å². The van der Waals surface area contributed by atoms with Gasteiger partial charge in [0.2, 0.25) is 5.75 Å². The van der Waals surface area contributed by atoms with Crippen LogP contribution in [0.25, 0.3) is 5.69 Å². The number of rotatable bonds is 5. The Hall–Kier alpha value is -3.75. The second kappa shape index (κ2) is 7.34. The normalized spacial score (nSPS) is 12.5. The van der Waals surface area contributed by atoms with Crippen molar-refractivity contribution >= 4 is 11.7 Å². The lowest BCUT2D eigenvalue weighted by Gasteiger charge is -2.07. The molecule has 148 valence electrons. The lowest BCUT2D eigenvalue weighted by Crippen LogP contribution is -2.13. The van der Waals surface area contributed by atoms with E-state index in [2.05, 4.69) is 5.10 Å². The molecule has 4 rings (SSSR count). The third-order valence-electron chi connectivity index (χ3n) is 4.77. The van der Waals surface area contributed by atoms with Crippen molar-refractivity contribution in [2.45, 2.75) is 19.3 Å². The van der Waals surface area contributed by atoms with Crippen molar-refractivity contribution in [3.8, 4) is 17.2 Å². The molecular weight excluding hydrogens is 381 g/mol. The fourth-order valence-corrected chi connectivity index (χ4v) is 3.43. The molecule has 3 aromatic rings. The summed E-state index contributed by atoms with van der Waals surface area (Å²) in [4.78, 5) is 23.4. The summed E-state index contributed by atoms with van der Waals surface area (Å²) in [5.74, 6) is -1.24. The second-order valence-corrected chi connectivity index (χ2v) is 6.47. The summed E-state index contributed by atoms with van der Waals surface area (Å²) < 4.78 is 25.9. The van der Waals surface area contributed by atoms with Gasteiger partial charge in [-0.2, -0.15) is 5.10 Å². The van der Waals surface area contributed by atoms with Crippen LogP contribution in [0.5, 0.6) is 11.5 Å². The Morgan fingerprint density at radius 1 is 1.24 bits per heavy atom. The molecule has 0 radical (unpaired) electrons. The van der Waals surface area contributed by atoms with E-state index in [4.69, 9.17) is 9.47 Å². The summed E-state index contributed by atoms with van der Waals surface area (Å²) in [6, 6.07) is 10.1. The molecule has 1 aliphatic carbocycles. The van der Waals surface area contributed by atoms with Gasteiger partial charge in [-0.1, -0.05) is 12.1 Å². The molecule has 0 unspecified atom stereocenters. The SMILES string of the molecule is COc1ccc(OC(=O)c2nn(-c3ccccc3F)c3c2CCC3)c([N+](=O)[O-])c1. The quantitative estimate of drug-likeness (QED) is 0.282. The first-order chi connectivity index (χ1) is 14.0. The average Bonchev–Trinajstić information content (AvgIpc) is 3.31. The van der Waals surface area contributed by atoms with Gasteiger partial charge in [-0.25, -0.2) is 13.9 Å². The number of nitro groups is 1. The summed E-state index contributed by atoms with van der Waals surface area (Å²) in [6.45, 7) is 0. The number of nitro benzene ring substituents is 1. The number of hydrogen-bond acceptors (Lipinski definition) is 6. The van der Waals surface area contributed by atoms with E-state index in [9.17, 15) is 19.3 Å². The molecule has 1 aliphatic rings. The maximum absolute atomic E-state index is 14.3. The van der Waals surface area contributed by atoms with Crippen LogP contribution in [0.4, 0.5) is 10.1 Å². The standard InChI is InChI=1S/C20H16FN3O5/c1-28-12-9-10-18(17(11-12)24(26)27)29-20(25)19-13-5-4-8-15(13)23(22-19)16-7-3-2-6-14(16)21/h2-3,6-7,9-11H,4-5,8H2,1H3. The first-order valence-electron chi connectivity index (χ1n) is 8.90.